The first-order valence-electron chi connectivity index (χ1n) is 11.1. The number of carbonyl (C=O) groups is 1. The molecule has 4 rings (SSSR count). The number of nitrogens with zero attached hydrogens (tertiary/aromatic N) is 3. The minimum Gasteiger partial charge on any atom is -0.327 e. The van der Waals surface area contributed by atoms with Gasteiger partial charge in [-0.2, -0.15) is 4.31 Å². The van der Waals surface area contributed by atoms with E-state index in [9.17, 15) is 23.3 Å². The van der Waals surface area contributed by atoms with Crippen molar-refractivity contribution in [3.05, 3.63) is 33.3 Å². The molecule has 2 saturated heterocycles. The number of hydrogen-bond acceptors (Lipinski definition) is 6. The fourth-order valence-electron chi connectivity index (χ4n) is 5.15. The van der Waals surface area contributed by atoms with Crippen LogP contribution in [0.15, 0.2) is 23.1 Å². The molecule has 0 radical (unpaired) electrons. The van der Waals surface area contributed by atoms with Crippen LogP contribution in [0.4, 0.5) is 5.69 Å². The molecule has 0 unspecified atom stereocenters. The molecule has 0 bridgehead atoms. The van der Waals surface area contributed by atoms with Crippen LogP contribution < -0.4 is 0 Å². The van der Waals surface area contributed by atoms with Gasteiger partial charge in [0.25, 0.3) is 5.69 Å². The molecule has 2 aliphatic heterocycles. The van der Waals surface area contributed by atoms with Gasteiger partial charge >= 0.3 is 0 Å². The summed E-state index contributed by atoms with van der Waals surface area (Å²) >= 11 is 7.59. The second kappa shape index (κ2) is 9.48. The number of piperidine rings is 1. The van der Waals surface area contributed by atoms with Gasteiger partial charge in [0, 0.05) is 37.9 Å². The van der Waals surface area contributed by atoms with Crippen LogP contribution in [0.5, 0.6) is 0 Å². The van der Waals surface area contributed by atoms with Crippen molar-refractivity contribution < 1.29 is 18.1 Å². The molecular formula is C21H28ClN3O5S2. The van der Waals surface area contributed by atoms with Crippen LogP contribution in [-0.4, -0.2) is 58.7 Å². The van der Waals surface area contributed by atoms with E-state index in [1.807, 2.05) is 4.90 Å². The summed E-state index contributed by atoms with van der Waals surface area (Å²) in [6.07, 6.45) is 7.62. The minimum absolute atomic E-state index is 0.0966. The van der Waals surface area contributed by atoms with Gasteiger partial charge < -0.3 is 4.90 Å². The van der Waals surface area contributed by atoms with Crippen molar-refractivity contribution in [3.8, 4) is 0 Å². The Bertz CT molecular complexity index is 989. The van der Waals surface area contributed by atoms with E-state index >= 15 is 0 Å². The molecule has 1 aromatic rings. The monoisotopic (exact) mass is 501 g/mol. The Morgan fingerprint density at radius 2 is 1.91 bits per heavy atom. The van der Waals surface area contributed by atoms with Crippen LogP contribution >= 0.6 is 23.4 Å². The second-order valence-corrected chi connectivity index (χ2v) is 12.6. The molecule has 8 nitrogen and oxygen atoms in total. The Morgan fingerprint density at radius 1 is 1.22 bits per heavy atom. The molecule has 2 heterocycles. The fourth-order valence-corrected chi connectivity index (χ4v) is 8.28. The van der Waals surface area contributed by atoms with Crippen molar-refractivity contribution in [3.63, 3.8) is 0 Å². The van der Waals surface area contributed by atoms with Gasteiger partial charge in [0.2, 0.25) is 15.9 Å². The van der Waals surface area contributed by atoms with Crippen LogP contribution in [-0.2, 0) is 14.8 Å². The first-order chi connectivity index (χ1) is 15.2. The third kappa shape index (κ3) is 4.64. The molecule has 0 atom stereocenters. The first-order valence-corrected chi connectivity index (χ1v) is 13.9. The van der Waals surface area contributed by atoms with Crippen molar-refractivity contribution in [2.24, 2.45) is 5.92 Å². The Balaban J connectivity index is 1.42. The lowest BCUT2D eigenvalue weighted by Crippen LogP contribution is -2.53. The minimum atomic E-state index is -3.88. The molecule has 0 aromatic heterocycles. The van der Waals surface area contributed by atoms with Gasteiger partial charge in [-0.05, 0) is 37.3 Å². The highest BCUT2D eigenvalue weighted by atomic mass is 35.5. The van der Waals surface area contributed by atoms with Gasteiger partial charge in [-0.1, -0.05) is 37.3 Å². The summed E-state index contributed by atoms with van der Waals surface area (Å²) in [6, 6.07) is 3.57. The lowest BCUT2D eigenvalue weighted by molar-refractivity contribution is -0.384. The predicted molar refractivity (Wildman–Crippen MR) is 124 cm³/mol. The fraction of sp³-hybridized carbons (Fsp3) is 0.667. The largest absolute Gasteiger partial charge is 0.327 e. The number of halogens is 1. The van der Waals surface area contributed by atoms with Gasteiger partial charge in [0.1, 0.15) is 5.02 Å². The highest BCUT2D eigenvalue weighted by Gasteiger charge is 2.47. The van der Waals surface area contributed by atoms with Crippen LogP contribution in [0.3, 0.4) is 0 Å². The van der Waals surface area contributed by atoms with E-state index < -0.39 is 20.6 Å². The van der Waals surface area contributed by atoms with Gasteiger partial charge in [0.15, 0.2) is 0 Å². The predicted octanol–water partition coefficient (Wildman–Crippen LogP) is 4.27. The molecule has 1 amide bonds. The van der Waals surface area contributed by atoms with Crippen molar-refractivity contribution in [2.75, 3.05) is 25.4 Å². The van der Waals surface area contributed by atoms with E-state index in [0.29, 0.717) is 31.7 Å². The first kappa shape index (κ1) is 23.8. The highest BCUT2D eigenvalue weighted by Crippen LogP contribution is 2.45. The average molecular weight is 502 g/mol. The zero-order valence-electron chi connectivity index (χ0n) is 17.9. The maximum absolute atomic E-state index is 13.1. The molecule has 1 aliphatic carbocycles. The summed E-state index contributed by atoms with van der Waals surface area (Å²) < 4.78 is 27.6. The molecule has 176 valence electrons. The topological polar surface area (TPSA) is 101 Å². The highest BCUT2D eigenvalue weighted by molar-refractivity contribution is 8.00. The van der Waals surface area contributed by atoms with Crippen LogP contribution in [0.2, 0.25) is 5.02 Å². The Labute approximate surface area is 197 Å². The van der Waals surface area contributed by atoms with Crippen molar-refractivity contribution >= 4 is 45.0 Å². The van der Waals surface area contributed by atoms with E-state index in [1.54, 1.807) is 11.8 Å². The molecule has 1 saturated carbocycles. The SMILES string of the molecule is O=C(CCC1CCCC1)N1CCSC12CCN(S(=O)(=O)c1ccc(Cl)c([N+](=O)[O-])c1)CC2. The molecule has 1 aromatic carbocycles. The number of rotatable bonds is 6. The van der Waals surface area contributed by atoms with Crippen molar-refractivity contribution in [2.45, 2.75) is 61.1 Å². The van der Waals surface area contributed by atoms with Crippen molar-refractivity contribution in [1.29, 1.82) is 0 Å². The molecule has 1 spiro atoms. The van der Waals surface area contributed by atoms with Crippen LogP contribution in [0, 0.1) is 16.0 Å². The van der Waals surface area contributed by atoms with E-state index in [2.05, 4.69) is 0 Å². The summed E-state index contributed by atoms with van der Waals surface area (Å²) in [5.41, 5.74) is -0.424. The van der Waals surface area contributed by atoms with Gasteiger partial charge in [-0.25, -0.2) is 8.42 Å². The lowest BCUT2D eigenvalue weighted by Gasteiger charge is -2.43. The third-order valence-corrected chi connectivity index (χ3v) is 10.7. The van der Waals surface area contributed by atoms with E-state index in [1.165, 1.54) is 42.1 Å². The van der Waals surface area contributed by atoms with E-state index in [4.69, 9.17) is 11.6 Å². The van der Waals surface area contributed by atoms with Gasteiger partial charge in [0.05, 0.1) is 14.7 Å². The average Bonchev–Trinajstić information content (AvgIpc) is 3.43. The standard InChI is InChI=1S/C21H28ClN3O5S2/c22-18-7-6-17(15-19(18)25(27)28)32(29,30)23-11-9-21(10-12-23)24(13-14-31-21)20(26)8-5-16-3-1-2-4-16/h6-7,15-16H,1-5,8-14H2. The summed E-state index contributed by atoms with van der Waals surface area (Å²) in [5, 5.41) is 11.1. The second-order valence-electron chi connectivity index (χ2n) is 8.80. The summed E-state index contributed by atoms with van der Waals surface area (Å²) in [4.78, 5) is 25.0. The van der Waals surface area contributed by atoms with E-state index in [-0.39, 0.29) is 33.8 Å². The van der Waals surface area contributed by atoms with E-state index in [0.717, 1.165) is 18.2 Å². The molecule has 3 fully saturated rings. The van der Waals surface area contributed by atoms with Crippen LogP contribution in [0.1, 0.15) is 51.4 Å². The lowest BCUT2D eigenvalue weighted by atomic mass is 9.99. The zero-order chi connectivity index (χ0) is 22.9. The maximum atomic E-state index is 13.1. The normalized spacial score (nSPS) is 22.0. The number of amides is 1. The van der Waals surface area contributed by atoms with Crippen molar-refractivity contribution in [1.82, 2.24) is 9.21 Å². The summed E-state index contributed by atoms with van der Waals surface area (Å²) in [5.74, 6) is 1.72. The Hall–Kier alpha value is -1.36. The number of thioether (sulfide) groups is 1. The third-order valence-electron chi connectivity index (χ3n) is 6.98. The molecular weight excluding hydrogens is 474 g/mol. The Kier molecular flexibility index (Phi) is 7.05. The number of carbonyl (C=O) groups excluding carboxylic acids is 1. The molecule has 11 heteroatoms. The Morgan fingerprint density at radius 3 is 2.56 bits per heavy atom. The number of nitro benzene ring substituents is 1. The smallest absolute Gasteiger partial charge is 0.289 e. The number of benzene rings is 1. The summed E-state index contributed by atoms with van der Waals surface area (Å²) in [7, 11) is -3.88. The molecule has 0 N–H and O–H groups in total. The molecule has 3 aliphatic rings. The number of hydrogen-bond donors (Lipinski definition) is 0. The maximum Gasteiger partial charge on any atom is 0.289 e. The number of sulfonamides is 1. The summed E-state index contributed by atoms with van der Waals surface area (Å²) in [6.45, 7) is 1.26. The molecule has 32 heavy (non-hydrogen) atoms. The quantitative estimate of drug-likeness (QED) is 0.426. The number of nitro groups is 1. The van der Waals surface area contributed by atoms with Gasteiger partial charge in [-0.15, -0.1) is 11.8 Å². The van der Waals surface area contributed by atoms with Gasteiger partial charge in [-0.3, -0.25) is 14.9 Å². The van der Waals surface area contributed by atoms with Crippen LogP contribution in [0.25, 0.3) is 0 Å². The zero-order valence-corrected chi connectivity index (χ0v) is 20.3.